The minimum absolute atomic E-state index is 0.0691. The molecule has 128 valence electrons. The topological polar surface area (TPSA) is 56.1 Å². The largest absolute Gasteiger partial charge is 0.337 e. The first kappa shape index (κ1) is 16.8. The number of amides is 1. The van der Waals surface area contributed by atoms with Gasteiger partial charge < -0.3 is 5.32 Å². The highest BCUT2D eigenvalue weighted by molar-refractivity contribution is 5.79. The van der Waals surface area contributed by atoms with Crippen molar-refractivity contribution < 1.29 is 4.79 Å². The zero-order valence-corrected chi connectivity index (χ0v) is 14.4. The average molecular weight is 317 g/mol. The fourth-order valence-electron chi connectivity index (χ4n) is 5.01. The maximum Gasteiger partial charge on any atom is 0.235 e. The third kappa shape index (κ3) is 4.07. The first-order valence-corrected chi connectivity index (χ1v) is 9.69. The number of fused-ring (bicyclic) bond motifs is 1. The van der Waals surface area contributed by atoms with Crippen molar-refractivity contribution in [3.05, 3.63) is 0 Å². The first-order valence-electron chi connectivity index (χ1n) is 9.69. The van der Waals surface area contributed by atoms with Gasteiger partial charge in [0.05, 0.1) is 12.6 Å². The predicted octanol–water partition coefficient (Wildman–Crippen LogP) is 3.37. The summed E-state index contributed by atoms with van der Waals surface area (Å²) in [4.78, 5) is 15.0. The number of likely N-dealkylation sites (tertiary alicyclic amines) is 1. The molecule has 0 aromatic heterocycles. The molecule has 2 saturated carbocycles. The zero-order valence-electron chi connectivity index (χ0n) is 14.4. The van der Waals surface area contributed by atoms with Gasteiger partial charge in [-0.1, -0.05) is 38.5 Å². The van der Waals surface area contributed by atoms with E-state index < -0.39 is 5.54 Å². The summed E-state index contributed by atoms with van der Waals surface area (Å²) in [6, 6.07) is 3.04. The van der Waals surface area contributed by atoms with Crippen LogP contribution < -0.4 is 5.32 Å². The van der Waals surface area contributed by atoms with E-state index in [0.29, 0.717) is 12.6 Å². The van der Waals surface area contributed by atoms with Crippen LogP contribution in [0, 0.1) is 17.2 Å². The molecule has 4 nitrogen and oxygen atoms in total. The number of nitrogens with zero attached hydrogens (tertiary/aromatic N) is 2. The van der Waals surface area contributed by atoms with Crippen molar-refractivity contribution in [1.82, 2.24) is 10.2 Å². The molecule has 1 N–H and O–H groups in total. The highest BCUT2D eigenvalue weighted by atomic mass is 16.2. The predicted molar refractivity (Wildman–Crippen MR) is 90.7 cm³/mol. The van der Waals surface area contributed by atoms with E-state index in [1.54, 1.807) is 0 Å². The molecule has 2 atom stereocenters. The molecule has 1 aliphatic heterocycles. The van der Waals surface area contributed by atoms with Gasteiger partial charge in [0, 0.05) is 6.04 Å². The third-order valence-electron chi connectivity index (χ3n) is 6.25. The Balaban J connectivity index is 1.58. The van der Waals surface area contributed by atoms with E-state index in [-0.39, 0.29) is 5.91 Å². The van der Waals surface area contributed by atoms with Crippen LogP contribution in [0.15, 0.2) is 0 Å². The minimum Gasteiger partial charge on any atom is -0.337 e. The molecule has 3 rings (SSSR count). The second kappa shape index (κ2) is 7.66. The van der Waals surface area contributed by atoms with Crippen LogP contribution >= 0.6 is 0 Å². The number of rotatable bonds is 3. The lowest BCUT2D eigenvalue weighted by Gasteiger charge is -2.44. The van der Waals surface area contributed by atoms with Gasteiger partial charge in [0.25, 0.3) is 0 Å². The summed E-state index contributed by atoms with van der Waals surface area (Å²) >= 11 is 0. The number of nitriles is 1. The van der Waals surface area contributed by atoms with Gasteiger partial charge in [-0.25, -0.2) is 0 Å². The number of hydrogen-bond donors (Lipinski definition) is 1. The molecule has 3 aliphatic rings. The third-order valence-corrected chi connectivity index (χ3v) is 6.25. The Morgan fingerprint density at radius 2 is 1.74 bits per heavy atom. The van der Waals surface area contributed by atoms with Gasteiger partial charge >= 0.3 is 0 Å². The van der Waals surface area contributed by atoms with Gasteiger partial charge in [-0.05, 0) is 51.0 Å². The van der Waals surface area contributed by atoms with E-state index in [2.05, 4.69) is 16.3 Å². The molecule has 3 fully saturated rings. The number of carbonyl (C=O) groups is 1. The van der Waals surface area contributed by atoms with Gasteiger partial charge in [0.15, 0.2) is 0 Å². The normalized spacial score (nSPS) is 31.4. The molecule has 4 heteroatoms. The smallest absolute Gasteiger partial charge is 0.235 e. The number of hydrogen-bond acceptors (Lipinski definition) is 3. The summed E-state index contributed by atoms with van der Waals surface area (Å²) in [6.45, 7) is 1.54. The maximum absolute atomic E-state index is 12.6. The Morgan fingerprint density at radius 1 is 1.04 bits per heavy atom. The van der Waals surface area contributed by atoms with E-state index in [0.717, 1.165) is 38.1 Å². The van der Waals surface area contributed by atoms with Gasteiger partial charge in [-0.3, -0.25) is 9.69 Å². The van der Waals surface area contributed by atoms with Crippen LogP contribution in [0.2, 0.25) is 0 Å². The van der Waals surface area contributed by atoms with Crippen LogP contribution in [-0.2, 0) is 4.79 Å². The fraction of sp³-hybridized carbons (Fsp3) is 0.895. The SMILES string of the molecule is N#CC1(NC(=O)CN2CCCC3CCCCC32)CCCCCC1. The van der Waals surface area contributed by atoms with Crippen molar-refractivity contribution in [1.29, 1.82) is 5.26 Å². The molecule has 0 aromatic rings. The summed E-state index contributed by atoms with van der Waals surface area (Å²) in [5.41, 5.74) is -0.602. The first-order chi connectivity index (χ1) is 11.2. The van der Waals surface area contributed by atoms with E-state index in [4.69, 9.17) is 0 Å². The zero-order chi connectivity index (χ0) is 16.1. The van der Waals surface area contributed by atoms with Gasteiger partial charge in [0.1, 0.15) is 5.54 Å². The second-order valence-electron chi connectivity index (χ2n) is 7.88. The molecule has 0 bridgehead atoms. The molecule has 23 heavy (non-hydrogen) atoms. The molecular formula is C19H31N3O. The van der Waals surface area contributed by atoms with Crippen molar-refractivity contribution >= 4 is 5.91 Å². The highest BCUT2D eigenvalue weighted by Gasteiger charge is 2.36. The lowest BCUT2D eigenvalue weighted by Crippen LogP contribution is -2.54. The quantitative estimate of drug-likeness (QED) is 0.812. The number of piperidine rings is 1. The molecule has 1 amide bonds. The van der Waals surface area contributed by atoms with Gasteiger partial charge in [-0.15, -0.1) is 0 Å². The minimum atomic E-state index is -0.602. The highest BCUT2D eigenvalue weighted by Crippen LogP contribution is 2.35. The van der Waals surface area contributed by atoms with Gasteiger partial charge in [-0.2, -0.15) is 5.26 Å². The van der Waals surface area contributed by atoms with Gasteiger partial charge in [0.2, 0.25) is 5.91 Å². The molecule has 0 spiro atoms. The summed E-state index contributed by atoms with van der Waals surface area (Å²) in [5.74, 6) is 0.868. The van der Waals surface area contributed by atoms with Crippen molar-refractivity contribution in [3.8, 4) is 6.07 Å². The van der Waals surface area contributed by atoms with Crippen LogP contribution in [0.5, 0.6) is 0 Å². The Hall–Kier alpha value is -1.08. The summed E-state index contributed by atoms with van der Waals surface area (Å²) in [6.07, 6.45) is 14.0. The van der Waals surface area contributed by atoms with E-state index in [1.807, 2.05) is 0 Å². The van der Waals surface area contributed by atoms with Crippen molar-refractivity contribution in [2.24, 2.45) is 5.92 Å². The van der Waals surface area contributed by atoms with Crippen molar-refractivity contribution in [2.45, 2.75) is 88.6 Å². The van der Waals surface area contributed by atoms with Crippen molar-refractivity contribution in [3.63, 3.8) is 0 Å². The molecule has 0 radical (unpaired) electrons. The molecule has 1 heterocycles. The van der Waals surface area contributed by atoms with Crippen LogP contribution in [0.25, 0.3) is 0 Å². The maximum atomic E-state index is 12.6. The van der Waals surface area contributed by atoms with Crippen LogP contribution in [0.1, 0.15) is 77.0 Å². The molecule has 0 aromatic carbocycles. The summed E-state index contributed by atoms with van der Waals surface area (Å²) in [7, 11) is 0. The standard InChI is InChI=1S/C19H31N3O/c20-15-19(11-5-1-2-6-12-19)21-18(23)14-22-13-7-9-16-8-3-4-10-17(16)22/h16-17H,1-14H2,(H,21,23). The lowest BCUT2D eigenvalue weighted by molar-refractivity contribution is -0.125. The Labute approximate surface area is 140 Å². The Bertz CT molecular complexity index is 446. The molecule has 2 unspecified atom stereocenters. The molecule has 1 saturated heterocycles. The monoisotopic (exact) mass is 317 g/mol. The number of nitrogens with one attached hydrogen (secondary N) is 1. The van der Waals surface area contributed by atoms with E-state index >= 15 is 0 Å². The van der Waals surface area contributed by atoms with E-state index in [9.17, 15) is 10.1 Å². The molecule has 2 aliphatic carbocycles. The lowest BCUT2D eigenvalue weighted by atomic mass is 9.78. The number of carbonyl (C=O) groups excluding carboxylic acids is 1. The second-order valence-corrected chi connectivity index (χ2v) is 7.88. The Kier molecular flexibility index (Phi) is 5.58. The van der Waals surface area contributed by atoms with Crippen molar-refractivity contribution in [2.75, 3.05) is 13.1 Å². The van der Waals surface area contributed by atoms with E-state index in [1.165, 1.54) is 51.4 Å². The molecular weight excluding hydrogens is 286 g/mol. The summed E-state index contributed by atoms with van der Waals surface area (Å²) < 4.78 is 0. The summed E-state index contributed by atoms with van der Waals surface area (Å²) in [5, 5.41) is 12.8. The average Bonchev–Trinajstić information content (AvgIpc) is 2.81. The van der Waals surface area contributed by atoms with Crippen LogP contribution in [-0.4, -0.2) is 35.5 Å². The Morgan fingerprint density at radius 3 is 2.48 bits per heavy atom. The fourth-order valence-corrected chi connectivity index (χ4v) is 5.01. The van der Waals surface area contributed by atoms with Crippen LogP contribution in [0.3, 0.4) is 0 Å². The van der Waals surface area contributed by atoms with Crippen LogP contribution in [0.4, 0.5) is 0 Å².